The number of hydrogen-bond donors (Lipinski definition) is 1. The number of methoxy groups -OCH3 is 1. The molecule has 0 bridgehead atoms. The molecule has 0 heterocycles. The van der Waals surface area contributed by atoms with Crippen LogP contribution in [0.1, 0.15) is 25.0 Å². The standard InChI is InChI=1S/C22H28N2O4/c1-5-23-22(26)17(3)24(14-18-8-6-16(2)7-9-18)21(25)15-28-20-12-10-19(27-4)11-13-20/h6-13,17H,5,14-15H2,1-4H3,(H,23,26). The Hall–Kier alpha value is -3.02. The summed E-state index contributed by atoms with van der Waals surface area (Å²) in [6, 6.07) is 14.3. The molecule has 1 N–H and O–H groups in total. The van der Waals surface area contributed by atoms with E-state index in [1.54, 1.807) is 43.2 Å². The van der Waals surface area contributed by atoms with Gasteiger partial charge in [0, 0.05) is 13.1 Å². The van der Waals surface area contributed by atoms with E-state index in [0.29, 0.717) is 24.6 Å². The Morgan fingerprint density at radius 2 is 1.64 bits per heavy atom. The Morgan fingerprint density at radius 3 is 2.21 bits per heavy atom. The van der Waals surface area contributed by atoms with Crippen molar-refractivity contribution in [2.75, 3.05) is 20.3 Å². The van der Waals surface area contributed by atoms with E-state index in [2.05, 4.69) is 5.32 Å². The summed E-state index contributed by atoms with van der Waals surface area (Å²) in [5.41, 5.74) is 2.10. The largest absolute Gasteiger partial charge is 0.497 e. The fourth-order valence-corrected chi connectivity index (χ4v) is 2.69. The van der Waals surface area contributed by atoms with Gasteiger partial charge < -0.3 is 19.7 Å². The molecule has 0 aromatic heterocycles. The topological polar surface area (TPSA) is 67.9 Å². The number of carbonyl (C=O) groups is 2. The normalized spacial score (nSPS) is 11.4. The Bertz CT molecular complexity index is 772. The number of benzene rings is 2. The Morgan fingerprint density at radius 1 is 1.04 bits per heavy atom. The van der Waals surface area contributed by atoms with Gasteiger partial charge in [0.1, 0.15) is 17.5 Å². The van der Waals surface area contributed by atoms with Gasteiger partial charge in [0.2, 0.25) is 5.91 Å². The number of nitrogens with one attached hydrogen (secondary N) is 1. The van der Waals surface area contributed by atoms with Crippen molar-refractivity contribution in [2.45, 2.75) is 33.4 Å². The summed E-state index contributed by atoms with van der Waals surface area (Å²) in [6.07, 6.45) is 0. The third kappa shape index (κ3) is 6.01. The number of aryl methyl sites for hydroxylation is 1. The summed E-state index contributed by atoms with van der Waals surface area (Å²) in [5.74, 6) is 0.835. The van der Waals surface area contributed by atoms with E-state index >= 15 is 0 Å². The molecule has 0 fully saturated rings. The molecule has 2 rings (SSSR count). The van der Waals surface area contributed by atoms with Gasteiger partial charge in [-0.05, 0) is 50.6 Å². The molecule has 1 atom stereocenters. The van der Waals surface area contributed by atoms with E-state index in [1.165, 1.54) is 0 Å². The molecule has 2 aromatic carbocycles. The second-order valence-electron chi connectivity index (χ2n) is 6.54. The maximum atomic E-state index is 12.9. The summed E-state index contributed by atoms with van der Waals surface area (Å²) in [7, 11) is 1.59. The Labute approximate surface area is 166 Å². The molecule has 2 aromatic rings. The lowest BCUT2D eigenvalue weighted by atomic mass is 10.1. The molecule has 0 radical (unpaired) electrons. The molecule has 0 aliphatic heterocycles. The summed E-state index contributed by atoms with van der Waals surface area (Å²) in [4.78, 5) is 26.7. The third-order valence-electron chi connectivity index (χ3n) is 4.41. The van der Waals surface area contributed by atoms with Crippen LogP contribution in [0.2, 0.25) is 0 Å². The molecule has 28 heavy (non-hydrogen) atoms. The quantitative estimate of drug-likeness (QED) is 0.722. The van der Waals surface area contributed by atoms with Crippen molar-refractivity contribution in [3.63, 3.8) is 0 Å². The van der Waals surface area contributed by atoms with E-state index in [0.717, 1.165) is 11.1 Å². The average Bonchev–Trinajstić information content (AvgIpc) is 2.71. The SMILES string of the molecule is CCNC(=O)C(C)N(Cc1ccc(C)cc1)C(=O)COc1ccc(OC)cc1. The predicted molar refractivity (Wildman–Crippen MR) is 108 cm³/mol. The van der Waals surface area contributed by atoms with Crippen molar-refractivity contribution >= 4 is 11.8 Å². The lowest BCUT2D eigenvalue weighted by molar-refractivity contribution is -0.142. The second-order valence-corrected chi connectivity index (χ2v) is 6.54. The van der Waals surface area contributed by atoms with Crippen LogP contribution in [0.15, 0.2) is 48.5 Å². The smallest absolute Gasteiger partial charge is 0.261 e. The van der Waals surface area contributed by atoms with Crippen LogP contribution >= 0.6 is 0 Å². The lowest BCUT2D eigenvalue weighted by Crippen LogP contribution is -2.49. The number of amides is 2. The first-order chi connectivity index (χ1) is 13.4. The highest BCUT2D eigenvalue weighted by molar-refractivity contribution is 5.87. The molecule has 6 nitrogen and oxygen atoms in total. The monoisotopic (exact) mass is 384 g/mol. The molecule has 6 heteroatoms. The minimum absolute atomic E-state index is 0.151. The van der Waals surface area contributed by atoms with Gasteiger partial charge in [0.15, 0.2) is 6.61 Å². The first-order valence-electron chi connectivity index (χ1n) is 9.34. The van der Waals surface area contributed by atoms with E-state index in [-0.39, 0.29) is 18.4 Å². The maximum Gasteiger partial charge on any atom is 0.261 e. The Balaban J connectivity index is 2.10. The number of nitrogens with zero attached hydrogens (tertiary/aromatic N) is 1. The predicted octanol–water partition coefficient (Wildman–Crippen LogP) is 2.94. The van der Waals surface area contributed by atoms with Gasteiger partial charge in [0.05, 0.1) is 7.11 Å². The van der Waals surface area contributed by atoms with Crippen LogP contribution in [0.4, 0.5) is 0 Å². The molecule has 0 saturated carbocycles. The molecule has 150 valence electrons. The van der Waals surface area contributed by atoms with Gasteiger partial charge >= 0.3 is 0 Å². The molecule has 0 aliphatic rings. The van der Waals surface area contributed by atoms with Gasteiger partial charge in [-0.1, -0.05) is 29.8 Å². The van der Waals surface area contributed by atoms with Crippen molar-refractivity contribution in [1.82, 2.24) is 10.2 Å². The van der Waals surface area contributed by atoms with Crippen molar-refractivity contribution < 1.29 is 19.1 Å². The number of ether oxygens (including phenoxy) is 2. The van der Waals surface area contributed by atoms with E-state index in [1.807, 2.05) is 38.1 Å². The number of rotatable bonds is 9. The van der Waals surface area contributed by atoms with Gasteiger partial charge in [-0.25, -0.2) is 0 Å². The van der Waals surface area contributed by atoms with Crippen LogP contribution in [0, 0.1) is 6.92 Å². The fourth-order valence-electron chi connectivity index (χ4n) is 2.69. The third-order valence-corrected chi connectivity index (χ3v) is 4.41. The van der Waals surface area contributed by atoms with Gasteiger partial charge in [-0.3, -0.25) is 9.59 Å². The zero-order chi connectivity index (χ0) is 20.5. The highest BCUT2D eigenvalue weighted by atomic mass is 16.5. The summed E-state index contributed by atoms with van der Waals surface area (Å²) in [6.45, 7) is 6.28. The van der Waals surface area contributed by atoms with Crippen LogP contribution < -0.4 is 14.8 Å². The van der Waals surface area contributed by atoms with Crippen molar-refractivity contribution in [3.8, 4) is 11.5 Å². The zero-order valence-corrected chi connectivity index (χ0v) is 16.9. The summed E-state index contributed by atoms with van der Waals surface area (Å²) >= 11 is 0. The highest BCUT2D eigenvalue weighted by Crippen LogP contribution is 2.17. The van der Waals surface area contributed by atoms with Crippen LogP contribution in [-0.2, 0) is 16.1 Å². The van der Waals surface area contributed by atoms with Crippen molar-refractivity contribution in [2.24, 2.45) is 0 Å². The first-order valence-corrected chi connectivity index (χ1v) is 9.34. The second kappa shape index (κ2) is 10.3. The van der Waals surface area contributed by atoms with Crippen LogP contribution in [0.3, 0.4) is 0 Å². The minimum atomic E-state index is -0.603. The lowest BCUT2D eigenvalue weighted by Gasteiger charge is -2.28. The van der Waals surface area contributed by atoms with Crippen molar-refractivity contribution in [3.05, 3.63) is 59.7 Å². The fraction of sp³-hybridized carbons (Fsp3) is 0.364. The summed E-state index contributed by atoms with van der Waals surface area (Å²) in [5, 5.41) is 2.77. The van der Waals surface area contributed by atoms with Crippen LogP contribution in [0.25, 0.3) is 0 Å². The van der Waals surface area contributed by atoms with E-state index in [4.69, 9.17) is 9.47 Å². The van der Waals surface area contributed by atoms with Crippen molar-refractivity contribution in [1.29, 1.82) is 0 Å². The van der Waals surface area contributed by atoms with Crippen LogP contribution in [-0.4, -0.2) is 43.0 Å². The molecule has 0 saturated heterocycles. The molecular weight excluding hydrogens is 356 g/mol. The number of carbonyl (C=O) groups excluding carboxylic acids is 2. The van der Waals surface area contributed by atoms with E-state index in [9.17, 15) is 9.59 Å². The molecule has 0 spiro atoms. The van der Waals surface area contributed by atoms with Gasteiger partial charge in [0.25, 0.3) is 5.91 Å². The average molecular weight is 384 g/mol. The van der Waals surface area contributed by atoms with E-state index < -0.39 is 6.04 Å². The first kappa shape index (κ1) is 21.3. The minimum Gasteiger partial charge on any atom is -0.497 e. The number of likely N-dealkylation sites (N-methyl/N-ethyl adjacent to an activating group) is 1. The van der Waals surface area contributed by atoms with Gasteiger partial charge in [-0.2, -0.15) is 0 Å². The zero-order valence-electron chi connectivity index (χ0n) is 16.9. The van der Waals surface area contributed by atoms with Crippen LogP contribution in [0.5, 0.6) is 11.5 Å². The van der Waals surface area contributed by atoms with Gasteiger partial charge in [-0.15, -0.1) is 0 Å². The Kier molecular flexibility index (Phi) is 7.87. The highest BCUT2D eigenvalue weighted by Gasteiger charge is 2.26. The summed E-state index contributed by atoms with van der Waals surface area (Å²) < 4.78 is 10.7. The molecule has 0 aliphatic carbocycles. The molecular formula is C22H28N2O4. The maximum absolute atomic E-state index is 12.9. The molecule has 2 amide bonds. The molecule has 1 unspecified atom stereocenters. The number of hydrogen-bond acceptors (Lipinski definition) is 4.